The van der Waals surface area contributed by atoms with E-state index >= 15 is 0 Å². The Morgan fingerprint density at radius 3 is 1.94 bits per heavy atom. The van der Waals surface area contributed by atoms with Crippen molar-refractivity contribution >= 4 is 11.9 Å². The van der Waals surface area contributed by atoms with Crippen molar-refractivity contribution in [3.05, 3.63) is 34.9 Å². The summed E-state index contributed by atoms with van der Waals surface area (Å²) < 4.78 is 0. The zero-order valence-corrected chi connectivity index (χ0v) is 13.0. The van der Waals surface area contributed by atoms with Crippen LogP contribution in [0.3, 0.4) is 0 Å². The Labute approximate surface area is 112 Å². The Kier molecular flexibility index (Phi) is 5.02. The minimum atomic E-state index is -1.32. The number of carbonyl (C=O) groups excluding carboxylic acids is 2. The van der Waals surface area contributed by atoms with Gasteiger partial charge in [0, 0.05) is 5.56 Å². The summed E-state index contributed by atoms with van der Waals surface area (Å²) in [5, 5.41) is 21.6. The minimum absolute atomic E-state index is 0. The molecule has 1 aromatic rings. The zero-order valence-electron chi connectivity index (χ0n) is 10.1. The number of benzene rings is 1. The van der Waals surface area contributed by atoms with Crippen molar-refractivity contribution in [2.45, 2.75) is 26.2 Å². The zero-order chi connectivity index (χ0) is 12.5. The Morgan fingerprint density at radius 1 is 1.06 bits per heavy atom. The molecule has 0 aliphatic carbocycles. The average molecular weight is 286 g/mol. The van der Waals surface area contributed by atoms with Crippen LogP contribution in [0.25, 0.3) is 0 Å². The van der Waals surface area contributed by atoms with E-state index in [9.17, 15) is 19.8 Å². The second-order valence-electron chi connectivity index (χ2n) is 4.59. The monoisotopic (exact) mass is 284 g/mol. The van der Waals surface area contributed by atoms with Crippen molar-refractivity contribution in [3.63, 3.8) is 0 Å². The molecule has 0 fully saturated rings. The molecule has 4 nitrogen and oxygen atoms in total. The van der Waals surface area contributed by atoms with Gasteiger partial charge in [-0.25, -0.2) is 0 Å². The molecule has 0 N–H and O–H groups in total. The van der Waals surface area contributed by atoms with E-state index in [2.05, 4.69) is 0 Å². The Balaban J connectivity index is 0.00000256. The van der Waals surface area contributed by atoms with Gasteiger partial charge in [-0.05, 0) is 22.6 Å². The van der Waals surface area contributed by atoms with Crippen molar-refractivity contribution < 1.29 is 39.3 Å². The molecule has 5 heteroatoms. The fraction of sp³-hybridized carbons (Fsp3) is 0.333. The van der Waals surface area contributed by atoms with Crippen molar-refractivity contribution in [2.24, 2.45) is 0 Å². The van der Waals surface area contributed by atoms with Crippen LogP contribution in [0.15, 0.2) is 18.2 Å². The quantitative estimate of drug-likeness (QED) is 0.699. The van der Waals surface area contributed by atoms with Gasteiger partial charge in [-0.3, -0.25) is 0 Å². The molecule has 0 atom stereocenters. The van der Waals surface area contributed by atoms with E-state index in [0.29, 0.717) is 5.56 Å². The van der Waals surface area contributed by atoms with E-state index in [1.807, 2.05) is 0 Å². The molecule has 0 spiro atoms. The van der Waals surface area contributed by atoms with E-state index in [-0.39, 0.29) is 30.6 Å². The molecule has 0 aliphatic heterocycles. The molecule has 0 radical (unpaired) electrons. The van der Waals surface area contributed by atoms with Gasteiger partial charge in [0.2, 0.25) is 0 Å². The third kappa shape index (κ3) is 3.63. The van der Waals surface area contributed by atoms with E-state index in [1.54, 1.807) is 20.8 Å². The summed E-state index contributed by atoms with van der Waals surface area (Å²) >= 11 is 0. The SMILES string of the molecule is CC(C)(C)c1cc(C(=O)[O-])ccc1C(=O)[O-].[Zn+2]. The van der Waals surface area contributed by atoms with Gasteiger partial charge in [0.05, 0.1) is 11.9 Å². The number of carboxylic acid groups (broad SMARTS) is 2. The summed E-state index contributed by atoms with van der Waals surface area (Å²) in [4.78, 5) is 21.6. The molecule has 17 heavy (non-hydrogen) atoms. The van der Waals surface area contributed by atoms with E-state index < -0.39 is 17.4 Å². The molecular weight excluding hydrogens is 274 g/mol. The van der Waals surface area contributed by atoms with Crippen molar-refractivity contribution in [2.75, 3.05) is 0 Å². The maximum absolute atomic E-state index is 10.9. The van der Waals surface area contributed by atoms with Gasteiger partial charge in [0.15, 0.2) is 0 Å². The van der Waals surface area contributed by atoms with Crippen LogP contribution >= 0.6 is 0 Å². The molecule has 0 amide bonds. The van der Waals surface area contributed by atoms with Crippen LogP contribution in [0.4, 0.5) is 0 Å². The van der Waals surface area contributed by atoms with Crippen LogP contribution in [-0.2, 0) is 24.9 Å². The van der Waals surface area contributed by atoms with Crippen molar-refractivity contribution in [1.82, 2.24) is 0 Å². The predicted molar refractivity (Wildman–Crippen MR) is 53.8 cm³/mol. The number of carbonyl (C=O) groups is 2. The molecular formula is C12H12O4Zn. The summed E-state index contributed by atoms with van der Waals surface area (Å²) in [7, 11) is 0. The molecule has 0 heterocycles. The van der Waals surface area contributed by atoms with Crippen LogP contribution < -0.4 is 10.2 Å². The first kappa shape index (κ1) is 15.8. The van der Waals surface area contributed by atoms with E-state index in [4.69, 9.17) is 0 Å². The van der Waals surface area contributed by atoms with Gasteiger partial charge in [-0.15, -0.1) is 0 Å². The Morgan fingerprint density at radius 2 is 1.59 bits per heavy atom. The third-order valence-electron chi connectivity index (χ3n) is 2.28. The minimum Gasteiger partial charge on any atom is -0.545 e. The molecule has 0 saturated heterocycles. The van der Waals surface area contributed by atoms with E-state index in [0.717, 1.165) is 0 Å². The first-order chi connectivity index (χ1) is 7.23. The predicted octanol–water partition coefficient (Wildman–Crippen LogP) is -0.291. The number of rotatable bonds is 2. The van der Waals surface area contributed by atoms with Gasteiger partial charge in [-0.1, -0.05) is 32.9 Å². The average Bonchev–Trinajstić information content (AvgIpc) is 2.15. The summed E-state index contributed by atoms with van der Waals surface area (Å²) in [6, 6.07) is 3.76. The maximum Gasteiger partial charge on any atom is 2.00 e. The van der Waals surface area contributed by atoms with E-state index in [1.165, 1.54) is 18.2 Å². The third-order valence-corrected chi connectivity index (χ3v) is 2.28. The van der Waals surface area contributed by atoms with Crippen molar-refractivity contribution in [1.29, 1.82) is 0 Å². The summed E-state index contributed by atoms with van der Waals surface area (Å²) in [6.07, 6.45) is 0. The number of hydrogen-bond acceptors (Lipinski definition) is 4. The smallest absolute Gasteiger partial charge is 0.545 e. The van der Waals surface area contributed by atoms with Crippen LogP contribution in [-0.4, -0.2) is 11.9 Å². The topological polar surface area (TPSA) is 80.3 Å². The molecule has 1 rings (SSSR count). The number of hydrogen-bond donors (Lipinski definition) is 0. The molecule has 0 aliphatic rings. The number of aromatic carboxylic acids is 2. The summed E-state index contributed by atoms with van der Waals surface area (Å²) in [5.41, 5.74) is -0.0671. The standard InChI is InChI=1S/C12H14O4.Zn/c1-12(2,3)9-6-7(10(13)14)4-5-8(9)11(15)16;/h4-6H,1-3H3,(H,13,14)(H,15,16);/q;+2/p-2. The molecule has 86 valence electrons. The van der Waals surface area contributed by atoms with Gasteiger partial charge in [0.1, 0.15) is 0 Å². The summed E-state index contributed by atoms with van der Waals surface area (Å²) in [5.74, 6) is -2.63. The van der Waals surface area contributed by atoms with Crippen LogP contribution in [0.5, 0.6) is 0 Å². The first-order valence-corrected chi connectivity index (χ1v) is 4.80. The fourth-order valence-electron chi connectivity index (χ4n) is 1.47. The second-order valence-corrected chi connectivity index (χ2v) is 4.59. The normalized spacial score (nSPS) is 10.5. The Hall–Kier alpha value is -1.22. The Bertz CT molecular complexity index is 446. The fourth-order valence-corrected chi connectivity index (χ4v) is 1.47. The largest absolute Gasteiger partial charge is 2.00 e. The number of carboxylic acids is 2. The van der Waals surface area contributed by atoms with Crippen molar-refractivity contribution in [3.8, 4) is 0 Å². The van der Waals surface area contributed by atoms with Gasteiger partial charge in [0.25, 0.3) is 0 Å². The van der Waals surface area contributed by atoms with Gasteiger partial charge >= 0.3 is 19.5 Å². The second kappa shape index (κ2) is 5.41. The molecule has 0 bridgehead atoms. The molecule has 1 aromatic carbocycles. The summed E-state index contributed by atoms with van der Waals surface area (Å²) in [6.45, 7) is 5.40. The maximum atomic E-state index is 10.9. The van der Waals surface area contributed by atoms with Crippen LogP contribution in [0.1, 0.15) is 47.1 Å². The van der Waals surface area contributed by atoms with Crippen LogP contribution in [0, 0.1) is 0 Å². The van der Waals surface area contributed by atoms with Gasteiger partial charge in [-0.2, -0.15) is 0 Å². The molecule has 0 saturated carbocycles. The van der Waals surface area contributed by atoms with Gasteiger partial charge < -0.3 is 19.8 Å². The first-order valence-electron chi connectivity index (χ1n) is 4.80. The van der Waals surface area contributed by atoms with Crippen LogP contribution in [0.2, 0.25) is 0 Å². The molecule has 0 aromatic heterocycles. The molecule has 0 unspecified atom stereocenters.